The van der Waals surface area contributed by atoms with Gasteiger partial charge in [-0.1, -0.05) is 26.8 Å². The van der Waals surface area contributed by atoms with Crippen molar-refractivity contribution in [2.45, 2.75) is 83.6 Å². The van der Waals surface area contributed by atoms with Crippen LogP contribution >= 0.6 is 11.3 Å². The monoisotopic (exact) mass is 875 g/mol. The lowest BCUT2D eigenvalue weighted by atomic mass is 10.0. The predicted molar refractivity (Wildman–Crippen MR) is 235 cm³/mol. The summed E-state index contributed by atoms with van der Waals surface area (Å²) < 4.78 is 30.5. The van der Waals surface area contributed by atoms with Crippen molar-refractivity contribution in [1.82, 2.24) is 44.9 Å². The number of halogens is 1. The van der Waals surface area contributed by atoms with E-state index >= 15 is 4.39 Å². The van der Waals surface area contributed by atoms with Gasteiger partial charge in [-0.05, 0) is 86.4 Å². The summed E-state index contributed by atoms with van der Waals surface area (Å²) in [6.45, 7) is 6.83. The Bertz CT molecular complexity index is 2700. The molecule has 15 nitrogen and oxygen atoms in total. The number of aromatic amines is 2. The number of methoxy groups -OCH3 is 1. The molecule has 4 aromatic heterocycles. The second kappa shape index (κ2) is 17.3. The Hall–Kier alpha value is -6.49. The van der Waals surface area contributed by atoms with Gasteiger partial charge in [0.15, 0.2) is 0 Å². The summed E-state index contributed by atoms with van der Waals surface area (Å²) in [6, 6.07) is 14.7. The summed E-state index contributed by atoms with van der Waals surface area (Å²) in [5.74, 6) is 1.11. The molecule has 6 aromatic rings. The number of likely N-dealkylation sites (tertiary alicyclic amines) is 1. The van der Waals surface area contributed by atoms with Crippen molar-refractivity contribution in [2.75, 3.05) is 26.7 Å². The van der Waals surface area contributed by atoms with Crippen LogP contribution in [0.4, 0.5) is 9.18 Å². The zero-order valence-corrected chi connectivity index (χ0v) is 36.4. The number of benzene rings is 2. The van der Waals surface area contributed by atoms with E-state index in [0.29, 0.717) is 71.8 Å². The van der Waals surface area contributed by atoms with Gasteiger partial charge >= 0.3 is 6.09 Å². The lowest BCUT2D eigenvalue weighted by Crippen LogP contribution is -2.51. The quantitative estimate of drug-likeness (QED) is 0.0761. The highest BCUT2D eigenvalue weighted by Crippen LogP contribution is 2.50. The Morgan fingerprint density at radius 3 is 2.59 bits per heavy atom. The topological polar surface area (TPSA) is 180 Å². The number of thiophene rings is 1. The maximum Gasteiger partial charge on any atom is 0.407 e. The molecule has 3 atom stereocenters. The Labute approximate surface area is 367 Å². The van der Waals surface area contributed by atoms with Gasteiger partial charge in [0, 0.05) is 34.5 Å². The molecular formula is C46H50FN9O6S. The van der Waals surface area contributed by atoms with Gasteiger partial charge in [-0.3, -0.25) is 19.0 Å². The molecular weight excluding hydrogens is 826 g/mol. The maximum absolute atomic E-state index is 16.8. The summed E-state index contributed by atoms with van der Waals surface area (Å²) in [5, 5.41) is 6.03. The number of rotatable bonds is 15. The second-order valence-corrected chi connectivity index (χ2v) is 17.9. The van der Waals surface area contributed by atoms with Crippen molar-refractivity contribution in [3.63, 3.8) is 0 Å². The molecule has 63 heavy (non-hydrogen) atoms. The molecule has 1 saturated heterocycles. The fourth-order valence-electron chi connectivity index (χ4n) is 8.81. The molecule has 6 heterocycles. The van der Waals surface area contributed by atoms with Crippen molar-refractivity contribution < 1.29 is 33.0 Å². The summed E-state index contributed by atoms with van der Waals surface area (Å²) in [4.78, 5) is 71.2. The Morgan fingerprint density at radius 2 is 1.83 bits per heavy atom. The number of nitrogens with zero attached hydrogens (tertiary/aromatic N) is 5. The van der Waals surface area contributed by atoms with E-state index in [1.165, 1.54) is 30.9 Å². The van der Waals surface area contributed by atoms with Crippen LogP contribution < -0.4 is 15.4 Å². The molecule has 9 rings (SSSR count). The lowest BCUT2D eigenvalue weighted by Gasteiger charge is -2.30. The highest BCUT2D eigenvalue weighted by molar-refractivity contribution is 7.12. The zero-order chi connectivity index (χ0) is 43.9. The van der Waals surface area contributed by atoms with Gasteiger partial charge < -0.3 is 39.9 Å². The minimum absolute atomic E-state index is 0.0585. The van der Waals surface area contributed by atoms with Crippen molar-refractivity contribution in [3.8, 4) is 39.5 Å². The van der Waals surface area contributed by atoms with E-state index in [9.17, 15) is 19.2 Å². The minimum atomic E-state index is -0.784. The number of carbonyl (C=O) groups excluding carboxylic acids is 4. The van der Waals surface area contributed by atoms with Gasteiger partial charge in [0.05, 0.1) is 71.7 Å². The molecule has 1 aliphatic carbocycles. The van der Waals surface area contributed by atoms with Crippen molar-refractivity contribution in [1.29, 1.82) is 0 Å². The van der Waals surface area contributed by atoms with Crippen molar-refractivity contribution in [2.24, 2.45) is 5.92 Å². The molecule has 0 spiro atoms. The number of alkyl carbamates (subject to hydrolysis) is 1. The first-order chi connectivity index (χ1) is 30.5. The number of amides is 4. The van der Waals surface area contributed by atoms with E-state index in [4.69, 9.17) is 9.47 Å². The third-order valence-electron chi connectivity index (χ3n) is 12.1. The van der Waals surface area contributed by atoms with E-state index in [2.05, 4.69) is 53.3 Å². The third-order valence-corrected chi connectivity index (χ3v) is 13.4. The maximum atomic E-state index is 16.8. The van der Waals surface area contributed by atoms with Gasteiger partial charge in [0.1, 0.15) is 29.3 Å². The van der Waals surface area contributed by atoms with Crippen molar-refractivity contribution >= 4 is 46.6 Å². The lowest BCUT2D eigenvalue weighted by molar-refractivity contribution is -0.135. The second-order valence-electron chi connectivity index (χ2n) is 16.8. The highest BCUT2D eigenvalue weighted by atomic mass is 32.1. The molecule has 1 saturated carbocycles. The van der Waals surface area contributed by atoms with Gasteiger partial charge in [-0.2, -0.15) is 0 Å². The number of nitrogens with one attached hydrogen (secondary N) is 4. The van der Waals surface area contributed by atoms with Crippen LogP contribution in [0.3, 0.4) is 0 Å². The van der Waals surface area contributed by atoms with Crippen LogP contribution in [0.5, 0.6) is 5.75 Å². The molecule has 2 fully saturated rings. The Balaban J connectivity index is 1.04. The van der Waals surface area contributed by atoms with Crippen LogP contribution in [-0.2, 0) is 25.7 Å². The van der Waals surface area contributed by atoms with E-state index in [1.54, 1.807) is 33.5 Å². The van der Waals surface area contributed by atoms with Crippen LogP contribution in [0.2, 0.25) is 0 Å². The summed E-state index contributed by atoms with van der Waals surface area (Å²) in [7, 11) is 1.26. The highest BCUT2D eigenvalue weighted by Gasteiger charge is 2.36. The van der Waals surface area contributed by atoms with E-state index in [0.717, 1.165) is 39.9 Å². The first-order valence-electron chi connectivity index (χ1n) is 21.5. The number of hydrogen-bond acceptors (Lipinski definition) is 9. The number of ether oxygens (including phenoxy) is 2. The largest absolute Gasteiger partial charge is 0.464 e. The Morgan fingerprint density at radius 1 is 1.03 bits per heavy atom. The van der Waals surface area contributed by atoms with Gasteiger partial charge in [-0.25, -0.2) is 19.2 Å². The SMILES string of the molecule is CCCN(Cc1ncc(-c2cc(F)c3c(c2)OC(c2ccc(C4CC4)s2)n2c-3cc3cc(-c4cnc(C5CCCN5C(=O)CNC=O)[nH]4)ccc32)[nH]1)C(=O)C(NC(=O)OC)C(C)C. The van der Waals surface area contributed by atoms with Gasteiger partial charge in [-0.15, -0.1) is 11.3 Å². The van der Waals surface area contributed by atoms with Crippen LogP contribution in [0.15, 0.2) is 60.9 Å². The fraction of sp³-hybridized carbons (Fsp3) is 0.391. The van der Waals surface area contributed by atoms with E-state index in [1.807, 2.05) is 45.0 Å². The average molecular weight is 876 g/mol. The third kappa shape index (κ3) is 8.17. The molecule has 0 radical (unpaired) electrons. The number of hydrogen-bond donors (Lipinski definition) is 4. The van der Waals surface area contributed by atoms with Crippen LogP contribution in [0.25, 0.3) is 44.7 Å². The van der Waals surface area contributed by atoms with Gasteiger partial charge in [0.2, 0.25) is 24.5 Å². The van der Waals surface area contributed by atoms with E-state index < -0.39 is 24.2 Å². The average Bonchev–Trinajstić information content (AvgIpc) is 3.86. The molecule has 4 amide bonds. The number of imidazole rings is 2. The summed E-state index contributed by atoms with van der Waals surface area (Å²) in [6.07, 6.45) is 7.33. The standard InChI is InChI=1S/C46H50FN9O6S/c1-5-14-54(44(59)42(25(2)3)53-46(60)61-4)23-39-49-20-32(51-39)28-17-30(47)41-35-18-29-16-27(31-21-50-43(52-31)34-7-6-15-55(34)40(58)22-48-24-57)10-11-33(29)56(35)45(62-36(41)19-28)38-13-12-37(63-38)26-8-9-26/h10-13,16-21,24-26,34,42,45H,5-9,14-15,22-23H2,1-4H3,(H,48,57)(H,49,51)(H,50,52)(H,53,60). The normalized spacial score (nSPS) is 17.3. The molecule has 0 bridgehead atoms. The van der Waals surface area contributed by atoms with Crippen LogP contribution in [-0.4, -0.2) is 91.4 Å². The number of aromatic nitrogens is 5. The Kier molecular flexibility index (Phi) is 11.5. The molecule has 2 aliphatic heterocycles. The molecule has 328 valence electrons. The summed E-state index contributed by atoms with van der Waals surface area (Å²) >= 11 is 1.73. The molecule has 4 N–H and O–H groups in total. The number of fused-ring (bicyclic) bond motifs is 5. The number of H-pyrrole nitrogens is 2. The molecule has 2 aromatic carbocycles. The minimum Gasteiger partial charge on any atom is -0.464 e. The smallest absolute Gasteiger partial charge is 0.407 e. The van der Waals surface area contributed by atoms with Crippen molar-refractivity contribution in [3.05, 3.63) is 88.1 Å². The van der Waals surface area contributed by atoms with E-state index in [-0.39, 0.29) is 36.9 Å². The van der Waals surface area contributed by atoms with Crippen LogP contribution in [0, 0.1) is 11.7 Å². The van der Waals surface area contributed by atoms with Crippen LogP contribution in [0.1, 0.15) is 92.5 Å². The first kappa shape index (κ1) is 41.8. The molecule has 3 unspecified atom stereocenters. The summed E-state index contributed by atoms with van der Waals surface area (Å²) in [5.41, 5.74) is 4.70. The van der Waals surface area contributed by atoms with Gasteiger partial charge in [0.25, 0.3) is 0 Å². The molecule has 17 heteroatoms. The molecule has 3 aliphatic rings. The first-order valence-corrected chi connectivity index (χ1v) is 22.3. The fourth-order valence-corrected chi connectivity index (χ4v) is 10.0. The zero-order valence-electron chi connectivity index (χ0n) is 35.6. The predicted octanol–water partition coefficient (Wildman–Crippen LogP) is 7.63. The number of carbonyl (C=O) groups is 4.